The number of benzene rings is 2. The van der Waals surface area contributed by atoms with Crippen LogP contribution in [0, 0.1) is 0 Å². The van der Waals surface area contributed by atoms with Crippen LogP contribution in [0.1, 0.15) is 19.3 Å². The maximum Gasteiger partial charge on any atom is 0.326 e. The number of rotatable bonds is 3. The molecule has 0 spiro atoms. The van der Waals surface area contributed by atoms with E-state index in [4.69, 9.17) is 0 Å². The molecule has 1 fully saturated rings. The quantitative estimate of drug-likeness (QED) is 0.884. The molecule has 2 heterocycles. The lowest BCUT2D eigenvalue weighted by Crippen LogP contribution is -2.51. The van der Waals surface area contributed by atoms with Crippen LogP contribution in [-0.2, 0) is 19.6 Å². The molecule has 2 aromatic carbocycles. The fourth-order valence-electron chi connectivity index (χ4n) is 3.83. The number of carboxylic acids is 1. The summed E-state index contributed by atoms with van der Waals surface area (Å²) in [5.41, 5.74) is 0.468. The van der Waals surface area contributed by atoms with E-state index in [-0.39, 0.29) is 11.4 Å². The Kier molecular flexibility index (Phi) is 3.87. The van der Waals surface area contributed by atoms with E-state index in [0.29, 0.717) is 24.0 Å². The van der Waals surface area contributed by atoms with Crippen molar-refractivity contribution in [2.24, 2.45) is 0 Å². The predicted molar refractivity (Wildman–Crippen MR) is 95.5 cm³/mol. The van der Waals surface area contributed by atoms with Gasteiger partial charge in [-0.1, -0.05) is 24.3 Å². The van der Waals surface area contributed by atoms with Crippen molar-refractivity contribution in [2.75, 3.05) is 17.4 Å². The Balaban J connectivity index is 1.70. The van der Waals surface area contributed by atoms with Crippen molar-refractivity contribution in [3.05, 3.63) is 36.4 Å². The lowest BCUT2D eigenvalue weighted by Gasteiger charge is -2.34. The highest BCUT2D eigenvalue weighted by Gasteiger charge is 2.39. The van der Waals surface area contributed by atoms with Gasteiger partial charge in [-0.25, -0.2) is 13.2 Å². The minimum absolute atomic E-state index is 0.187. The van der Waals surface area contributed by atoms with Gasteiger partial charge in [-0.2, -0.15) is 0 Å². The summed E-state index contributed by atoms with van der Waals surface area (Å²) >= 11 is 0. The first-order valence-corrected chi connectivity index (χ1v) is 9.92. The van der Waals surface area contributed by atoms with Gasteiger partial charge in [0, 0.05) is 11.9 Å². The number of anilines is 1. The molecule has 8 heteroatoms. The van der Waals surface area contributed by atoms with Gasteiger partial charge in [0.05, 0.1) is 10.6 Å². The van der Waals surface area contributed by atoms with E-state index in [0.717, 1.165) is 22.5 Å². The summed E-state index contributed by atoms with van der Waals surface area (Å²) in [5.74, 6) is -1.53. The van der Waals surface area contributed by atoms with E-state index in [1.54, 1.807) is 18.2 Å². The summed E-state index contributed by atoms with van der Waals surface area (Å²) in [5, 5.41) is 10.8. The van der Waals surface area contributed by atoms with E-state index < -0.39 is 27.9 Å². The summed E-state index contributed by atoms with van der Waals surface area (Å²) in [6.45, 7) is -0.0548. The van der Waals surface area contributed by atoms with Gasteiger partial charge >= 0.3 is 5.97 Å². The molecule has 0 aliphatic carbocycles. The Labute approximate surface area is 150 Å². The first-order chi connectivity index (χ1) is 12.4. The van der Waals surface area contributed by atoms with Crippen LogP contribution < -0.4 is 4.31 Å². The first-order valence-electron chi connectivity index (χ1n) is 8.48. The van der Waals surface area contributed by atoms with Gasteiger partial charge < -0.3 is 10.0 Å². The Morgan fingerprint density at radius 1 is 1.12 bits per heavy atom. The molecule has 0 bridgehead atoms. The minimum atomic E-state index is -3.83. The lowest BCUT2D eigenvalue weighted by atomic mass is 10.0. The average molecular weight is 374 g/mol. The van der Waals surface area contributed by atoms with Crippen molar-refractivity contribution >= 4 is 38.4 Å². The second-order valence-corrected chi connectivity index (χ2v) is 8.41. The Bertz CT molecular complexity index is 1010. The molecule has 0 saturated carbocycles. The van der Waals surface area contributed by atoms with Crippen molar-refractivity contribution in [1.82, 2.24) is 4.90 Å². The van der Waals surface area contributed by atoms with Crippen molar-refractivity contribution in [3.8, 4) is 0 Å². The highest BCUT2D eigenvalue weighted by molar-refractivity contribution is 7.93. The van der Waals surface area contributed by atoms with Gasteiger partial charge in [-0.3, -0.25) is 9.10 Å². The molecule has 1 saturated heterocycles. The summed E-state index contributed by atoms with van der Waals surface area (Å²) in [6.07, 6.45) is 1.86. The normalized spacial score (nSPS) is 21.2. The average Bonchev–Trinajstić information content (AvgIpc) is 2.85. The van der Waals surface area contributed by atoms with Crippen LogP contribution in [0.5, 0.6) is 0 Å². The number of amides is 1. The number of carboxylic acid groups (broad SMARTS) is 1. The third kappa shape index (κ3) is 2.44. The second kappa shape index (κ2) is 5.98. The lowest BCUT2D eigenvalue weighted by molar-refractivity contribution is -0.151. The maximum absolute atomic E-state index is 12.9. The number of aliphatic carboxylic acids is 1. The molecule has 4 rings (SSSR count). The van der Waals surface area contributed by atoms with Gasteiger partial charge in [-0.15, -0.1) is 0 Å². The van der Waals surface area contributed by atoms with Crippen LogP contribution in [0.4, 0.5) is 5.69 Å². The minimum Gasteiger partial charge on any atom is -0.480 e. The third-order valence-corrected chi connectivity index (χ3v) is 6.87. The van der Waals surface area contributed by atoms with Crippen molar-refractivity contribution in [3.63, 3.8) is 0 Å². The molecule has 1 amide bonds. The summed E-state index contributed by atoms with van der Waals surface area (Å²) < 4.78 is 27.0. The molecule has 0 radical (unpaired) electrons. The number of nitrogens with zero attached hydrogens (tertiary/aromatic N) is 2. The number of sulfonamides is 1. The first kappa shape index (κ1) is 16.8. The second-order valence-electron chi connectivity index (χ2n) is 6.58. The van der Waals surface area contributed by atoms with Gasteiger partial charge in [0.15, 0.2) is 0 Å². The molecule has 0 aromatic heterocycles. The van der Waals surface area contributed by atoms with Crippen molar-refractivity contribution < 1.29 is 23.1 Å². The molecule has 1 atom stereocenters. The fourth-order valence-corrected chi connectivity index (χ4v) is 5.49. The molecule has 2 aliphatic rings. The third-order valence-electron chi connectivity index (χ3n) is 5.07. The van der Waals surface area contributed by atoms with Crippen LogP contribution >= 0.6 is 0 Å². The monoisotopic (exact) mass is 374 g/mol. The fraction of sp³-hybridized carbons (Fsp3) is 0.333. The maximum atomic E-state index is 12.9. The molecule has 26 heavy (non-hydrogen) atoms. The molecule has 2 aliphatic heterocycles. The summed E-state index contributed by atoms with van der Waals surface area (Å²) in [6, 6.07) is 9.40. The molecular weight excluding hydrogens is 356 g/mol. The summed E-state index contributed by atoms with van der Waals surface area (Å²) in [4.78, 5) is 25.7. The molecule has 2 aromatic rings. The number of likely N-dealkylation sites (tertiary alicyclic amines) is 1. The number of carbonyl (C=O) groups excluding carboxylic acids is 1. The Morgan fingerprint density at radius 3 is 2.58 bits per heavy atom. The molecule has 1 N–H and O–H groups in total. The topological polar surface area (TPSA) is 95.0 Å². The highest BCUT2D eigenvalue weighted by atomic mass is 32.2. The number of hydrogen-bond donors (Lipinski definition) is 1. The molecule has 136 valence electrons. The van der Waals surface area contributed by atoms with Crippen LogP contribution in [0.25, 0.3) is 10.8 Å². The largest absolute Gasteiger partial charge is 0.480 e. The zero-order valence-corrected chi connectivity index (χ0v) is 14.8. The van der Waals surface area contributed by atoms with E-state index in [1.807, 2.05) is 12.1 Å². The van der Waals surface area contributed by atoms with E-state index in [9.17, 15) is 23.1 Å². The van der Waals surface area contributed by atoms with Crippen molar-refractivity contribution in [2.45, 2.75) is 30.2 Å². The van der Waals surface area contributed by atoms with Crippen LogP contribution in [0.3, 0.4) is 0 Å². The van der Waals surface area contributed by atoms with Crippen LogP contribution in [-0.4, -0.2) is 49.4 Å². The zero-order chi connectivity index (χ0) is 18.5. The van der Waals surface area contributed by atoms with Crippen molar-refractivity contribution in [1.29, 1.82) is 0 Å². The molecule has 7 nitrogen and oxygen atoms in total. The Morgan fingerprint density at radius 2 is 1.85 bits per heavy atom. The Hall–Kier alpha value is -2.61. The molecule has 0 unspecified atom stereocenters. The standard InChI is InChI=1S/C18H18N2O5S/c21-16(19-10-2-1-7-14(19)18(22)23)11-20-13-8-3-5-12-6-4-9-15(17(12)13)26(20,24)25/h3-6,8-9,14H,1-2,7,10-11H2,(H,22,23)/t14-/m1/s1. The van der Waals surface area contributed by atoms with Crippen LogP contribution in [0.2, 0.25) is 0 Å². The van der Waals surface area contributed by atoms with Gasteiger partial charge in [0.2, 0.25) is 5.91 Å². The predicted octanol–water partition coefficient (Wildman–Crippen LogP) is 1.81. The number of piperidine rings is 1. The highest BCUT2D eigenvalue weighted by Crippen LogP contribution is 2.41. The number of hydrogen-bond acceptors (Lipinski definition) is 4. The van der Waals surface area contributed by atoms with E-state index >= 15 is 0 Å². The molecular formula is C18H18N2O5S. The number of carbonyl (C=O) groups is 2. The van der Waals surface area contributed by atoms with E-state index in [2.05, 4.69) is 0 Å². The smallest absolute Gasteiger partial charge is 0.326 e. The van der Waals surface area contributed by atoms with Gasteiger partial charge in [-0.05, 0) is 36.8 Å². The SMILES string of the molecule is O=C(O)[C@H]1CCCCN1C(=O)CN1c2cccc3cccc(c23)S1(=O)=O. The van der Waals surface area contributed by atoms with Gasteiger partial charge in [0.25, 0.3) is 10.0 Å². The zero-order valence-electron chi connectivity index (χ0n) is 14.0. The van der Waals surface area contributed by atoms with Crippen LogP contribution in [0.15, 0.2) is 41.3 Å². The van der Waals surface area contributed by atoms with Gasteiger partial charge in [0.1, 0.15) is 12.6 Å². The van der Waals surface area contributed by atoms with E-state index in [1.165, 1.54) is 11.0 Å². The summed E-state index contributed by atoms with van der Waals surface area (Å²) in [7, 11) is -3.83.